The number of carbonyl (C=O) groups excluding carboxylic acids is 1. The van der Waals surface area contributed by atoms with Crippen LogP contribution in [-0.4, -0.2) is 28.5 Å². The van der Waals surface area contributed by atoms with Crippen LogP contribution in [-0.2, 0) is 11.2 Å². The van der Waals surface area contributed by atoms with Gasteiger partial charge in [-0.1, -0.05) is 55.1 Å². The van der Waals surface area contributed by atoms with Gasteiger partial charge in [-0.2, -0.15) is 0 Å². The number of anilines is 1. The van der Waals surface area contributed by atoms with E-state index in [2.05, 4.69) is 22.4 Å². The molecule has 0 aliphatic heterocycles. The molecule has 2 aromatic rings. The highest BCUT2D eigenvalue weighted by Crippen LogP contribution is 2.25. The summed E-state index contributed by atoms with van der Waals surface area (Å²) >= 11 is 2.97. The summed E-state index contributed by atoms with van der Waals surface area (Å²) in [5.74, 6) is 1.44. The standard InChI is InChI=1S/C14H17N3O2S2/c1-3-10-7-5-6-8-11(10)19-9-12(18)15-13-16-17-14(21-13)20-4-2/h5-8H,3-4,9H2,1-2H3,(H,15,16,18). The third kappa shape index (κ3) is 4.71. The average Bonchev–Trinajstić information content (AvgIpc) is 2.93. The lowest BCUT2D eigenvalue weighted by Crippen LogP contribution is -2.20. The predicted octanol–water partition coefficient (Wildman–Crippen LogP) is 3.23. The molecule has 21 heavy (non-hydrogen) atoms. The van der Waals surface area contributed by atoms with Gasteiger partial charge in [-0.25, -0.2) is 0 Å². The summed E-state index contributed by atoms with van der Waals surface area (Å²) in [6, 6.07) is 7.71. The molecule has 2 rings (SSSR count). The number of amides is 1. The van der Waals surface area contributed by atoms with Crippen molar-refractivity contribution in [3.63, 3.8) is 0 Å². The number of ether oxygens (including phenoxy) is 1. The first-order chi connectivity index (χ1) is 10.2. The fraction of sp³-hybridized carbons (Fsp3) is 0.357. The molecule has 1 heterocycles. The quantitative estimate of drug-likeness (QED) is 0.626. The minimum atomic E-state index is -0.231. The summed E-state index contributed by atoms with van der Waals surface area (Å²) in [6.07, 6.45) is 0.867. The highest BCUT2D eigenvalue weighted by Gasteiger charge is 2.09. The zero-order valence-corrected chi connectivity index (χ0v) is 13.6. The van der Waals surface area contributed by atoms with Crippen LogP contribution in [0.5, 0.6) is 5.75 Å². The molecule has 1 aromatic heterocycles. The molecule has 5 nitrogen and oxygen atoms in total. The first kappa shape index (κ1) is 15.8. The van der Waals surface area contributed by atoms with Gasteiger partial charge < -0.3 is 4.74 Å². The smallest absolute Gasteiger partial charge is 0.264 e. The van der Waals surface area contributed by atoms with Gasteiger partial charge in [0, 0.05) is 0 Å². The number of hydrogen-bond acceptors (Lipinski definition) is 6. The molecule has 0 atom stereocenters. The van der Waals surface area contributed by atoms with Crippen molar-refractivity contribution < 1.29 is 9.53 Å². The van der Waals surface area contributed by atoms with Gasteiger partial charge in [-0.15, -0.1) is 10.2 Å². The molecule has 0 bridgehead atoms. The van der Waals surface area contributed by atoms with Gasteiger partial charge in [0.15, 0.2) is 10.9 Å². The second-order valence-electron chi connectivity index (χ2n) is 4.10. The normalized spacial score (nSPS) is 10.4. The van der Waals surface area contributed by atoms with Gasteiger partial charge >= 0.3 is 0 Å². The first-order valence-corrected chi connectivity index (χ1v) is 8.50. The Hall–Kier alpha value is -1.60. The van der Waals surface area contributed by atoms with Crippen molar-refractivity contribution in [3.8, 4) is 5.75 Å². The average molecular weight is 323 g/mol. The van der Waals surface area contributed by atoms with Crippen molar-refractivity contribution in [2.24, 2.45) is 0 Å². The summed E-state index contributed by atoms with van der Waals surface area (Å²) in [7, 11) is 0. The van der Waals surface area contributed by atoms with Crippen molar-refractivity contribution in [1.82, 2.24) is 10.2 Å². The molecule has 7 heteroatoms. The summed E-state index contributed by atoms with van der Waals surface area (Å²) in [5.41, 5.74) is 1.09. The van der Waals surface area contributed by atoms with Crippen LogP contribution in [0.25, 0.3) is 0 Å². The third-order valence-electron chi connectivity index (χ3n) is 2.63. The van der Waals surface area contributed by atoms with Gasteiger partial charge in [0.25, 0.3) is 5.91 Å². The van der Waals surface area contributed by atoms with Gasteiger partial charge in [0.1, 0.15) is 5.75 Å². The minimum absolute atomic E-state index is 0.0349. The molecular formula is C14H17N3O2S2. The number of nitrogens with one attached hydrogen (secondary N) is 1. The maximum absolute atomic E-state index is 11.8. The van der Waals surface area contributed by atoms with E-state index in [-0.39, 0.29) is 12.5 Å². The van der Waals surface area contributed by atoms with E-state index >= 15 is 0 Å². The van der Waals surface area contributed by atoms with Crippen molar-refractivity contribution in [2.45, 2.75) is 24.6 Å². The lowest BCUT2D eigenvalue weighted by atomic mass is 10.1. The van der Waals surface area contributed by atoms with E-state index in [1.54, 1.807) is 11.8 Å². The number of aromatic nitrogens is 2. The first-order valence-electron chi connectivity index (χ1n) is 6.69. The number of thioether (sulfide) groups is 1. The van der Waals surface area contributed by atoms with Gasteiger partial charge in [-0.05, 0) is 23.8 Å². The topological polar surface area (TPSA) is 64.1 Å². The van der Waals surface area contributed by atoms with Crippen LogP contribution in [0, 0.1) is 0 Å². The fourth-order valence-corrected chi connectivity index (χ4v) is 3.34. The number of carbonyl (C=O) groups is 1. The Balaban J connectivity index is 1.86. The van der Waals surface area contributed by atoms with Crippen molar-refractivity contribution in [1.29, 1.82) is 0 Å². The zero-order valence-electron chi connectivity index (χ0n) is 12.0. The molecule has 0 saturated heterocycles. The third-order valence-corrected chi connectivity index (χ3v) is 4.49. The highest BCUT2D eigenvalue weighted by atomic mass is 32.2. The molecule has 0 aliphatic carbocycles. The van der Waals surface area contributed by atoms with E-state index in [0.29, 0.717) is 5.13 Å². The SMILES string of the molecule is CCSc1nnc(NC(=O)COc2ccccc2CC)s1. The monoisotopic (exact) mass is 323 g/mol. The summed E-state index contributed by atoms with van der Waals surface area (Å²) < 4.78 is 6.41. The molecule has 1 aromatic carbocycles. The summed E-state index contributed by atoms with van der Waals surface area (Å²) in [5, 5.41) is 11.1. The van der Waals surface area contributed by atoms with Crippen LogP contribution in [0.4, 0.5) is 5.13 Å². The van der Waals surface area contributed by atoms with Crippen LogP contribution in [0.2, 0.25) is 0 Å². The van der Waals surface area contributed by atoms with Crippen molar-refractivity contribution in [2.75, 3.05) is 17.7 Å². The van der Waals surface area contributed by atoms with Crippen molar-refractivity contribution >= 4 is 34.1 Å². The van der Waals surface area contributed by atoms with Crippen molar-refractivity contribution in [3.05, 3.63) is 29.8 Å². The lowest BCUT2D eigenvalue weighted by molar-refractivity contribution is -0.118. The number of para-hydroxylation sites is 1. The maximum atomic E-state index is 11.8. The van der Waals surface area contributed by atoms with Gasteiger partial charge in [-0.3, -0.25) is 10.1 Å². The van der Waals surface area contributed by atoms with E-state index in [9.17, 15) is 4.79 Å². The van der Waals surface area contributed by atoms with Crippen LogP contribution < -0.4 is 10.1 Å². The molecule has 1 amide bonds. The zero-order chi connectivity index (χ0) is 15.1. The molecular weight excluding hydrogens is 306 g/mol. The Morgan fingerprint density at radius 3 is 2.90 bits per heavy atom. The van der Waals surface area contributed by atoms with Crippen LogP contribution in [0.15, 0.2) is 28.6 Å². The minimum Gasteiger partial charge on any atom is -0.483 e. The van der Waals surface area contributed by atoms with Crippen LogP contribution in [0.1, 0.15) is 19.4 Å². The Morgan fingerprint density at radius 1 is 1.33 bits per heavy atom. The van der Waals surface area contributed by atoms with E-state index in [4.69, 9.17) is 4.74 Å². The molecule has 0 aliphatic rings. The molecule has 0 unspecified atom stereocenters. The Bertz CT molecular complexity index is 601. The molecule has 0 fully saturated rings. The maximum Gasteiger partial charge on any atom is 0.264 e. The lowest BCUT2D eigenvalue weighted by Gasteiger charge is -2.09. The Labute approximate surface area is 132 Å². The summed E-state index contributed by atoms with van der Waals surface area (Å²) in [4.78, 5) is 11.8. The fourth-order valence-electron chi connectivity index (χ4n) is 1.68. The number of rotatable bonds is 7. The number of hydrogen-bond donors (Lipinski definition) is 1. The second kappa shape index (κ2) is 7.99. The van der Waals surface area contributed by atoms with Gasteiger partial charge in [0.2, 0.25) is 5.13 Å². The predicted molar refractivity (Wildman–Crippen MR) is 86.3 cm³/mol. The highest BCUT2D eigenvalue weighted by molar-refractivity contribution is 8.01. The molecule has 0 saturated carbocycles. The molecule has 112 valence electrons. The van der Waals surface area contributed by atoms with E-state index < -0.39 is 0 Å². The van der Waals surface area contributed by atoms with E-state index in [1.165, 1.54) is 11.3 Å². The number of aryl methyl sites for hydroxylation is 1. The van der Waals surface area contributed by atoms with Gasteiger partial charge in [0.05, 0.1) is 0 Å². The van der Waals surface area contributed by atoms with E-state index in [1.807, 2.05) is 31.2 Å². The molecule has 1 N–H and O–H groups in total. The largest absolute Gasteiger partial charge is 0.483 e. The number of benzene rings is 1. The van der Waals surface area contributed by atoms with Crippen LogP contribution >= 0.6 is 23.1 Å². The Morgan fingerprint density at radius 2 is 2.14 bits per heavy atom. The Kier molecular flexibility index (Phi) is 6.01. The second-order valence-corrected chi connectivity index (χ2v) is 6.59. The molecule has 0 radical (unpaired) electrons. The van der Waals surface area contributed by atoms with E-state index in [0.717, 1.165) is 27.8 Å². The number of nitrogens with zero attached hydrogens (tertiary/aromatic N) is 2. The molecule has 0 spiro atoms. The van der Waals surface area contributed by atoms with Crippen LogP contribution in [0.3, 0.4) is 0 Å². The summed E-state index contributed by atoms with van der Waals surface area (Å²) in [6.45, 7) is 4.06.